The summed E-state index contributed by atoms with van der Waals surface area (Å²) in [6, 6.07) is 164. The minimum absolute atomic E-state index is 0.588. The molecule has 30 aromatic rings. The molecular weight excluding hydrogens is 1770 g/mol. The summed E-state index contributed by atoms with van der Waals surface area (Å²) in [6.07, 6.45) is 0. The summed E-state index contributed by atoms with van der Waals surface area (Å²) in [5.41, 5.74) is 23.5. The number of fused-ring (bicyclic) bond motifs is 24. The molecule has 0 aliphatic heterocycles. The van der Waals surface area contributed by atoms with E-state index >= 15 is 0 Å². The summed E-state index contributed by atoms with van der Waals surface area (Å²) in [6.45, 7) is 0. The van der Waals surface area contributed by atoms with Crippen LogP contribution in [0.25, 0.3) is 283 Å². The highest BCUT2D eigenvalue weighted by Gasteiger charge is 2.26. The minimum atomic E-state index is 0.588. The molecule has 0 aliphatic rings. The largest absolute Gasteiger partial charge is 0.435 e. The lowest BCUT2D eigenvalue weighted by atomic mass is 9.99. The number of benzene rings is 22. The van der Waals surface area contributed by atoms with Crippen LogP contribution in [0.3, 0.4) is 0 Å². The van der Waals surface area contributed by atoms with Crippen LogP contribution in [-0.2, 0) is 0 Å². The van der Waals surface area contributed by atoms with Gasteiger partial charge < -0.3 is 27.0 Å². The van der Waals surface area contributed by atoms with Crippen LogP contribution in [0, 0.1) is 0 Å². The molecule has 0 atom stereocenters. The first-order chi connectivity index (χ1) is 71.3. The van der Waals surface area contributed by atoms with Crippen LogP contribution in [-0.4, -0.2) is 58.6 Å². The topological polar surface area (TPSA) is 170 Å². The van der Waals surface area contributed by atoms with Gasteiger partial charge in [-0.3, -0.25) is 0 Å². The number of aromatic nitrogens is 12. The van der Waals surface area contributed by atoms with Crippen LogP contribution < -0.4 is 0 Å². The van der Waals surface area contributed by atoms with Crippen LogP contribution >= 0.6 is 0 Å². The first-order valence-corrected chi connectivity index (χ1v) is 48.1. The van der Waals surface area contributed by atoms with E-state index in [0.29, 0.717) is 52.6 Å². The van der Waals surface area contributed by atoms with Crippen LogP contribution in [0.5, 0.6) is 0 Å². The maximum absolute atomic E-state index is 6.74. The van der Waals surface area contributed by atoms with Crippen molar-refractivity contribution in [3.63, 3.8) is 0 Å². The Balaban J connectivity index is 0.000000106. The molecule has 8 heterocycles. The zero-order valence-electron chi connectivity index (χ0n) is 77.1. The van der Waals surface area contributed by atoms with Crippen LogP contribution in [0.1, 0.15) is 0 Å². The van der Waals surface area contributed by atoms with Gasteiger partial charge in [-0.25, -0.2) is 44.9 Å². The van der Waals surface area contributed by atoms with Gasteiger partial charge in [0.25, 0.3) is 0 Å². The molecule has 672 valence electrons. The molecule has 0 N–H and O–H groups in total. The standard InChI is InChI=1S/C48H29N5O.C45H27N3O.C36H22N4O/c1-4-12-31(13-5-1)45-50-46(32-14-6-2-7-15-32)52-47(51-45)34-22-25-37-33(28-34)21-20-30-24-27-40-44(43(30)37)54-48(49-40)35-23-26-39-38-18-10-11-19-41(38)53(42(39)29-35)36-16-8-3-9-17-36;1-3-12-31(13-4-1)47-39-18-10-9-17-34(39)36-26-37-35-23-21-30(25-40(35)48(42(37)27-41(36)47)32-14-5-2-6-15-32)45-46-38-24-22-29-20-19-28-11-7-8-16-33(28)43(29)44(38)49-45;1-4-10-25(11-5-1)33-38-34(26-12-6-2-7-13-26)40-35(39-33)28-19-17-23-16-18-24-20-21-30-32(31(24)29(23)22-28)41-36(37-30)27-14-8-3-9-15-27/h1-29H;1-27H;1-22H. The zero-order chi connectivity index (χ0) is 94.8. The van der Waals surface area contributed by atoms with Gasteiger partial charge >= 0.3 is 0 Å². The van der Waals surface area contributed by atoms with Crippen molar-refractivity contribution in [3.8, 4) is 120 Å². The molecule has 0 saturated carbocycles. The molecule has 0 aliphatic carbocycles. The molecule has 0 fully saturated rings. The van der Waals surface area contributed by atoms with E-state index in [2.05, 4.69) is 317 Å². The van der Waals surface area contributed by atoms with Gasteiger partial charge in [-0.1, -0.05) is 346 Å². The minimum Gasteiger partial charge on any atom is -0.435 e. The van der Waals surface area contributed by atoms with Crippen molar-refractivity contribution in [2.45, 2.75) is 0 Å². The zero-order valence-corrected chi connectivity index (χ0v) is 77.1. The first kappa shape index (κ1) is 82.5. The molecule has 8 aromatic heterocycles. The monoisotopic (exact) mass is 1840 g/mol. The van der Waals surface area contributed by atoms with E-state index in [1.54, 1.807) is 0 Å². The Hall–Kier alpha value is -19.8. The summed E-state index contributed by atoms with van der Waals surface area (Å²) < 4.78 is 26.9. The molecule has 0 spiro atoms. The van der Waals surface area contributed by atoms with Crippen LogP contribution in [0.15, 0.2) is 486 Å². The first-order valence-electron chi connectivity index (χ1n) is 48.1. The third-order valence-corrected chi connectivity index (χ3v) is 27.7. The van der Waals surface area contributed by atoms with Crippen LogP contribution in [0.2, 0.25) is 0 Å². The summed E-state index contributed by atoms with van der Waals surface area (Å²) in [5.74, 6) is 5.60. The highest BCUT2D eigenvalue weighted by Crippen LogP contribution is 2.46. The number of hydrogen-bond acceptors (Lipinski definition) is 12. The summed E-state index contributed by atoms with van der Waals surface area (Å²) in [4.78, 5) is 44.4. The van der Waals surface area contributed by atoms with Gasteiger partial charge in [-0.2, -0.15) is 0 Å². The lowest BCUT2D eigenvalue weighted by Gasteiger charge is -2.10. The second kappa shape index (κ2) is 34.1. The fraction of sp³-hybridized carbons (Fsp3) is 0. The molecule has 15 heteroatoms. The number of oxazole rings is 3. The predicted octanol–water partition coefficient (Wildman–Crippen LogP) is 33.1. The Bertz CT molecular complexity index is 10200. The van der Waals surface area contributed by atoms with Gasteiger partial charge in [0.1, 0.15) is 16.6 Å². The van der Waals surface area contributed by atoms with Crippen molar-refractivity contribution in [2.24, 2.45) is 0 Å². The molecule has 30 rings (SSSR count). The van der Waals surface area contributed by atoms with E-state index in [1.807, 2.05) is 170 Å². The van der Waals surface area contributed by atoms with Crippen LogP contribution in [0.4, 0.5) is 0 Å². The van der Waals surface area contributed by atoms with E-state index in [-0.39, 0.29) is 0 Å². The maximum atomic E-state index is 6.74. The van der Waals surface area contributed by atoms with E-state index in [9.17, 15) is 0 Å². The molecule has 0 bridgehead atoms. The summed E-state index contributed by atoms with van der Waals surface area (Å²) >= 11 is 0. The molecule has 0 radical (unpaired) electrons. The van der Waals surface area contributed by atoms with Crippen molar-refractivity contribution in [3.05, 3.63) is 473 Å². The van der Waals surface area contributed by atoms with Crippen molar-refractivity contribution in [1.82, 2.24) is 58.6 Å². The highest BCUT2D eigenvalue weighted by atomic mass is 16.4. The highest BCUT2D eigenvalue weighted by molar-refractivity contribution is 6.23. The lowest BCUT2D eigenvalue weighted by Crippen LogP contribution is -2.00. The molecule has 0 amide bonds. The maximum Gasteiger partial charge on any atom is 0.227 e. The average Bonchev–Trinajstić information content (AvgIpc) is 1.55. The number of para-hydroxylation sites is 5. The van der Waals surface area contributed by atoms with Crippen molar-refractivity contribution >= 4 is 163 Å². The molecule has 0 unspecified atom stereocenters. The quantitative estimate of drug-likeness (QED) is 0.106. The van der Waals surface area contributed by atoms with Gasteiger partial charge in [-0.05, 0) is 176 Å². The van der Waals surface area contributed by atoms with Gasteiger partial charge in [0.05, 0.1) is 33.1 Å². The average molecular weight is 1840 g/mol. The van der Waals surface area contributed by atoms with E-state index < -0.39 is 0 Å². The van der Waals surface area contributed by atoms with Crippen molar-refractivity contribution in [2.75, 3.05) is 0 Å². The Labute approximate surface area is 822 Å². The summed E-state index contributed by atoms with van der Waals surface area (Å²) in [7, 11) is 0. The van der Waals surface area contributed by atoms with Gasteiger partial charge in [-0.15, -0.1) is 0 Å². The fourth-order valence-electron chi connectivity index (χ4n) is 20.9. The second-order valence-electron chi connectivity index (χ2n) is 36.2. The SMILES string of the molecule is c1ccc(-c2nc(-c3ccccc3)nc(-c3ccc4c(ccc5ccc6nc(-c7ccc8c9ccccc9n(-c9ccccc9)c8c7)oc6c54)c3)n2)cc1.c1ccc(-c2nc(-c3ccccc3)nc(-c3ccc4ccc5ccc6nc(-c7ccccc7)oc6c5c4c3)n2)cc1.c1ccc(-n2c3ccccc3c3cc4c5ccc(-c6nc7ccc8ccc9ccccc9c8c7o6)cc5n(-c5ccccc5)c4cc32)cc1. The third kappa shape index (κ3) is 14.2. The molecular formula is C129H78N12O3. The Kier molecular flexibility index (Phi) is 19.6. The predicted molar refractivity (Wildman–Crippen MR) is 586 cm³/mol. The van der Waals surface area contributed by atoms with Gasteiger partial charge in [0.15, 0.2) is 51.7 Å². The Morgan fingerprint density at radius 3 is 0.854 bits per heavy atom. The fourth-order valence-corrected chi connectivity index (χ4v) is 20.9. The molecule has 22 aromatic carbocycles. The molecule has 0 saturated heterocycles. The molecule has 15 nitrogen and oxygen atoms in total. The van der Waals surface area contributed by atoms with Crippen molar-refractivity contribution < 1.29 is 13.3 Å². The smallest absolute Gasteiger partial charge is 0.227 e. The lowest BCUT2D eigenvalue weighted by molar-refractivity contribution is 0.623. The number of hydrogen-bond donors (Lipinski definition) is 0. The molecule has 144 heavy (non-hydrogen) atoms. The van der Waals surface area contributed by atoms with Gasteiger partial charge in [0, 0.05) is 116 Å². The Morgan fingerprint density at radius 1 is 0.146 bits per heavy atom. The number of nitrogens with zero attached hydrogens (tertiary/aromatic N) is 12. The van der Waals surface area contributed by atoms with E-state index in [0.717, 1.165) is 176 Å². The third-order valence-electron chi connectivity index (χ3n) is 27.7. The van der Waals surface area contributed by atoms with E-state index in [1.165, 1.54) is 54.1 Å². The van der Waals surface area contributed by atoms with Crippen molar-refractivity contribution in [1.29, 1.82) is 0 Å². The van der Waals surface area contributed by atoms with E-state index in [4.69, 9.17) is 58.1 Å². The second-order valence-corrected chi connectivity index (χ2v) is 36.2. The Morgan fingerprint density at radius 2 is 0.417 bits per heavy atom. The normalized spacial score (nSPS) is 11.8. The number of rotatable bonds is 12. The summed E-state index contributed by atoms with van der Waals surface area (Å²) in [5, 5.41) is 20.4. The van der Waals surface area contributed by atoms with Gasteiger partial charge in [0.2, 0.25) is 17.7 Å².